The number of nitriles is 1. The molecule has 1 atom stereocenters. The summed E-state index contributed by atoms with van der Waals surface area (Å²) in [5.41, 5.74) is 2.09. The van der Waals surface area contributed by atoms with Crippen LogP contribution in [-0.4, -0.2) is 30.2 Å². The minimum Gasteiger partial charge on any atom is -0.393 e. The van der Waals surface area contributed by atoms with Crippen LogP contribution in [0.15, 0.2) is 18.2 Å². The van der Waals surface area contributed by atoms with Crippen LogP contribution < -0.4 is 10.2 Å². The van der Waals surface area contributed by atoms with Crippen molar-refractivity contribution in [2.75, 3.05) is 23.3 Å². The number of hydrogen-bond acceptors (Lipinski definition) is 4. The predicted octanol–water partition coefficient (Wildman–Crippen LogP) is 2.89. The average molecular weight is 315 g/mol. The Bertz CT molecular complexity index is 586. The van der Waals surface area contributed by atoms with Gasteiger partial charge >= 0.3 is 0 Å². The summed E-state index contributed by atoms with van der Waals surface area (Å²) in [6.07, 6.45) is 3.02. The highest BCUT2D eigenvalue weighted by atomic mass is 16.3. The van der Waals surface area contributed by atoms with E-state index in [4.69, 9.17) is 0 Å². The van der Waals surface area contributed by atoms with Crippen LogP contribution in [0.3, 0.4) is 0 Å². The Hall–Kier alpha value is -2.06. The first kappa shape index (κ1) is 17.3. The van der Waals surface area contributed by atoms with Gasteiger partial charge in [-0.15, -0.1) is 0 Å². The van der Waals surface area contributed by atoms with E-state index in [1.54, 1.807) is 6.07 Å². The van der Waals surface area contributed by atoms with Crippen molar-refractivity contribution in [1.82, 2.24) is 0 Å². The number of hydrogen-bond donors (Lipinski definition) is 2. The van der Waals surface area contributed by atoms with E-state index >= 15 is 0 Å². The van der Waals surface area contributed by atoms with E-state index < -0.39 is 0 Å². The number of nitrogens with zero attached hydrogens (tertiary/aromatic N) is 2. The van der Waals surface area contributed by atoms with Gasteiger partial charge in [0.05, 0.1) is 17.4 Å². The lowest BCUT2D eigenvalue weighted by atomic mass is 10.0. The first-order chi connectivity index (χ1) is 11.0. The molecule has 23 heavy (non-hydrogen) atoms. The minimum absolute atomic E-state index is 0.00964. The highest BCUT2D eigenvalue weighted by Crippen LogP contribution is 2.27. The fourth-order valence-corrected chi connectivity index (χ4v) is 2.92. The summed E-state index contributed by atoms with van der Waals surface area (Å²) in [5.74, 6) is -0.0432. The standard InChI is InChI=1S/C18H25N3O2/c1-3-4-13(2)18(23)20-15-5-6-17(14(11-15)12-19)21-9-7-16(22)8-10-21/h5-6,11,13,16,22H,3-4,7-10H2,1-2H3,(H,20,23). The monoisotopic (exact) mass is 315 g/mol. The molecule has 0 bridgehead atoms. The zero-order chi connectivity index (χ0) is 16.8. The Labute approximate surface area is 137 Å². The highest BCUT2D eigenvalue weighted by Gasteiger charge is 2.20. The topological polar surface area (TPSA) is 76.4 Å². The molecule has 1 saturated heterocycles. The normalized spacial score (nSPS) is 16.7. The molecular weight excluding hydrogens is 290 g/mol. The van der Waals surface area contributed by atoms with Gasteiger partial charge < -0.3 is 15.3 Å². The van der Waals surface area contributed by atoms with Crippen molar-refractivity contribution in [3.05, 3.63) is 23.8 Å². The molecule has 1 aliphatic rings. The van der Waals surface area contributed by atoms with E-state index in [1.165, 1.54) is 0 Å². The maximum absolute atomic E-state index is 12.1. The molecule has 2 N–H and O–H groups in total. The molecule has 0 aliphatic carbocycles. The summed E-state index contributed by atoms with van der Waals surface area (Å²) in [5, 5.41) is 21.9. The molecule has 1 aliphatic heterocycles. The first-order valence-electron chi connectivity index (χ1n) is 8.33. The van der Waals surface area contributed by atoms with Gasteiger partial charge in [-0.05, 0) is 37.5 Å². The van der Waals surface area contributed by atoms with Crippen LogP contribution in [0.5, 0.6) is 0 Å². The van der Waals surface area contributed by atoms with E-state index in [9.17, 15) is 15.2 Å². The molecule has 1 aromatic carbocycles. The lowest BCUT2D eigenvalue weighted by Gasteiger charge is -2.32. The minimum atomic E-state index is -0.240. The van der Waals surface area contributed by atoms with Crippen LogP contribution in [0.4, 0.5) is 11.4 Å². The van der Waals surface area contributed by atoms with Crippen molar-refractivity contribution in [3.8, 4) is 6.07 Å². The third-order valence-corrected chi connectivity index (χ3v) is 4.36. The molecule has 1 heterocycles. The second-order valence-corrected chi connectivity index (χ2v) is 6.24. The SMILES string of the molecule is CCCC(C)C(=O)Nc1ccc(N2CCC(O)CC2)c(C#N)c1. The van der Waals surface area contributed by atoms with Crippen molar-refractivity contribution in [1.29, 1.82) is 5.26 Å². The Balaban J connectivity index is 2.10. The summed E-state index contributed by atoms with van der Waals surface area (Å²) < 4.78 is 0. The molecule has 5 heteroatoms. The van der Waals surface area contributed by atoms with E-state index in [-0.39, 0.29) is 17.9 Å². The number of piperidine rings is 1. The van der Waals surface area contributed by atoms with Crippen molar-refractivity contribution < 1.29 is 9.90 Å². The third kappa shape index (κ3) is 4.46. The largest absolute Gasteiger partial charge is 0.393 e. The van der Waals surface area contributed by atoms with Gasteiger partial charge in [0.2, 0.25) is 5.91 Å². The summed E-state index contributed by atoms with van der Waals surface area (Å²) in [6.45, 7) is 5.46. The number of anilines is 2. The molecular formula is C18H25N3O2. The summed E-state index contributed by atoms with van der Waals surface area (Å²) in [4.78, 5) is 14.2. The fraction of sp³-hybridized carbons (Fsp3) is 0.556. The first-order valence-corrected chi connectivity index (χ1v) is 8.33. The van der Waals surface area contributed by atoms with Crippen LogP contribution >= 0.6 is 0 Å². The van der Waals surface area contributed by atoms with Gasteiger partial charge in [0, 0.05) is 24.7 Å². The van der Waals surface area contributed by atoms with Gasteiger partial charge in [-0.25, -0.2) is 0 Å². The van der Waals surface area contributed by atoms with Gasteiger partial charge in [0.1, 0.15) is 6.07 Å². The van der Waals surface area contributed by atoms with E-state index in [0.717, 1.165) is 44.5 Å². The Morgan fingerprint density at radius 1 is 1.48 bits per heavy atom. The number of benzene rings is 1. The smallest absolute Gasteiger partial charge is 0.227 e. The van der Waals surface area contributed by atoms with Crippen LogP contribution in [0.1, 0.15) is 45.1 Å². The van der Waals surface area contributed by atoms with Crippen molar-refractivity contribution in [2.45, 2.75) is 45.6 Å². The second kappa shape index (κ2) is 7.98. The maximum Gasteiger partial charge on any atom is 0.227 e. The molecule has 1 fully saturated rings. The van der Waals surface area contributed by atoms with Crippen LogP contribution in [-0.2, 0) is 4.79 Å². The zero-order valence-corrected chi connectivity index (χ0v) is 13.9. The Kier molecular flexibility index (Phi) is 6.00. The van der Waals surface area contributed by atoms with E-state index in [0.29, 0.717) is 11.3 Å². The number of amides is 1. The molecule has 2 rings (SSSR count). The quantitative estimate of drug-likeness (QED) is 0.876. The number of aliphatic hydroxyl groups excluding tert-OH is 1. The van der Waals surface area contributed by atoms with Crippen LogP contribution in [0.2, 0.25) is 0 Å². The average Bonchev–Trinajstić information content (AvgIpc) is 2.55. The molecule has 0 spiro atoms. The number of aliphatic hydroxyl groups is 1. The molecule has 0 aromatic heterocycles. The van der Waals surface area contributed by atoms with Crippen LogP contribution in [0.25, 0.3) is 0 Å². The number of carbonyl (C=O) groups excluding carboxylic acids is 1. The summed E-state index contributed by atoms with van der Waals surface area (Å²) in [7, 11) is 0. The lowest BCUT2D eigenvalue weighted by molar-refractivity contribution is -0.119. The Morgan fingerprint density at radius 2 is 2.17 bits per heavy atom. The van der Waals surface area contributed by atoms with Gasteiger partial charge in [-0.1, -0.05) is 20.3 Å². The van der Waals surface area contributed by atoms with Gasteiger partial charge in [-0.2, -0.15) is 5.26 Å². The lowest BCUT2D eigenvalue weighted by Crippen LogP contribution is -2.36. The molecule has 1 unspecified atom stereocenters. The van der Waals surface area contributed by atoms with E-state index in [2.05, 4.69) is 23.2 Å². The van der Waals surface area contributed by atoms with Crippen molar-refractivity contribution in [3.63, 3.8) is 0 Å². The fourth-order valence-electron chi connectivity index (χ4n) is 2.92. The number of carbonyl (C=O) groups is 1. The molecule has 1 amide bonds. The Morgan fingerprint density at radius 3 is 2.78 bits per heavy atom. The number of rotatable bonds is 5. The molecule has 124 valence electrons. The summed E-state index contributed by atoms with van der Waals surface area (Å²) >= 11 is 0. The molecule has 5 nitrogen and oxygen atoms in total. The van der Waals surface area contributed by atoms with Gasteiger partial charge in [-0.3, -0.25) is 4.79 Å². The molecule has 1 aromatic rings. The second-order valence-electron chi connectivity index (χ2n) is 6.24. The molecule has 0 saturated carbocycles. The third-order valence-electron chi connectivity index (χ3n) is 4.36. The zero-order valence-electron chi connectivity index (χ0n) is 13.9. The van der Waals surface area contributed by atoms with Crippen molar-refractivity contribution in [2.24, 2.45) is 5.92 Å². The molecule has 0 radical (unpaired) electrons. The van der Waals surface area contributed by atoms with E-state index in [1.807, 2.05) is 19.1 Å². The predicted molar refractivity (Wildman–Crippen MR) is 91.3 cm³/mol. The number of nitrogens with one attached hydrogen (secondary N) is 1. The van der Waals surface area contributed by atoms with Crippen LogP contribution in [0, 0.1) is 17.2 Å². The summed E-state index contributed by atoms with van der Waals surface area (Å²) in [6, 6.07) is 7.68. The maximum atomic E-state index is 12.1. The highest BCUT2D eigenvalue weighted by molar-refractivity contribution is 5.92. The van der Waals surface area contributed by atoms with Gasteiger partial charge in [0.25, 0.3) is 0 Å². The van der Waals surface area contributed by atoms with Gasteiger partial charge in [0.15, 0.2) is 0 Å². The van der Waals surface area contributed by atoms with Crippen molar-refractivity contribution >= 4 is 17.3 Å².